The van der Waals surface area contributed by atoms with Crippen molar-refractivity contribution < 1.29 is 9.59 Å². The molecular formula is C19H18ClN3O2S2. The Hall–Kier alpha value is -2.22. The SMILES string of the molecule is CC(=O)NC(CC(=O)Nc1nc(-c2ccc(Cl)cc2)c(C)s1)c1cccs1. The molecule has 0 aliphatic carbocycles. The van der Waals surface area contributed by atoms with E-state index in [2.05, 4.69) is 15.6 Å². The summed E-state index contributed by atoms with van der Waals surface area (Å²) in [7, 11) is 0. The fraction of sp³-hybridized carbons (Fsp3) is 0.211. The van der Waals surface area contributed by atoms with Gasteiger partial charge < -0.3 is 10.6 Å². The molecule has 3 aromatic rings. The topological polar surface area (TPSA) is 71.1 Å². The molecule has 1 aromatic carbocycles. The van der Waals surface area contributed by atoms with Crippen molar-refractivity contribution in [1.29, 1.82) is 0 Å². The standard InChI is InChI=1S/C19H18ClN3O2S2/c1-11-18(13-5-7-14(20)8-6-13)23-19(27-11)22-17(25)10-15(21-12(2)24)16-4-3-9-26-16/h3-9,15H,10H2,1-2H3,(H,21,24)(H,22,23,25). The van der Waals surface area contributed by atoms with Gasteiger partial charge >= 0.3 is 0 Å². The van der Waals surface area contributed by atoms with Gasteiger partial charge in [0.25, 0.3) is 0 Å². The quantitative estimate of drug-likeness (QED) is 0.588. The van der Waals surface area contributed by atoms with Gasteiger partial charge in [-0.15, -0.1) is 22.7 Å². The van der Waals surface area contributed by atoms with E-state index in [1.54, 1.807) is 0 Å². The van der Waals surface area contributed by atoms with Gasteiger partial charge in [0.2, 0.25) is 11.8 Å². The number of nitrogens with one attached hydrogen (secondary N) is 2. The van der Waals surface area contributed by atoms with Gasteiger partial charge in [-0.2, -0.15) is 0 Å². The van der Waals surface area contributed by atoms with Crippen molar-refractivity contribution in [2.24, 2.45) is 0 Å². The molecule has 0 aliphatic rings. The predicted molar refractivity (Wildman–Crippen MR) is 111 cm³/mol. The Morgan fingerprint density at radius 1 is 1.22 bits per heavy atom. The average molecular weight is 420 g/mol. The zero-order chi connectivity index (χ0) is 19.4. The van der Waals surface area contributed by atoms with Crippen molar-refractivity contribution in [1.82, 2.24) is 10.3 Å². The molecule has 5 nitrogen and oxygen atoms in total. The van der Waals surface area contributed by atoms with Crippen LogP contribution in [0.4, 0.5) is 5.13 Å². The van der Waals surface area contributed by atoms with Crippen LogP contribution in [0.3, 0.4) is 0 Å². The van der Waals surface area contributed by atoms with Crippen LogP contribution in [0.2, 0.25) is 5.02 Å². The summed E-state index contributed by atoms with van der Waals surface area (Å²) >= 11 is 8.86. The molecule has 2 N–H and O–H groups in total. The Morgan fingerprint density at radius 2 is 1.96 bits per heavy atom. The van der Waals surface area contributed by atoms with Crippen molar-refractivity contribution in [2.45, 2.75) is 26.3 Å². The molecule has 2 aromatic heterocycles. The number of hydrogen-bond acceptors (Lipinski definition) is 5. The molecule has 27 heavy (non-hydrogen) atoms. The lowest BCUT2D eigenvalue weighted by Gasteiger charge is -2.15. The number of halogens is 1. The number of nitrogens with zero attached hydrogens (tertiary/aromatic N) is 1. The van der Waals surface area contributed by atoms with Crippen molar-refractivity contribution in [2.75, 3.05) is 5.32 Å². The summed E-state index contributed by atoms with van der Waals surface area (Å²) in [6.45, 7) is 3.41. The van der Waals surface area contributed by atoms with E-state index in [-0.39, 0.29) is 24.3 Å². The number of thiophene rings is 1. The van der Waals surface area contributed by atoms with Crippen LogP contribution in [0.1, 0.15) is 29.1 Å². The molecule has 0 spiro atoms. The van der Waals surface area contributed by atoms with E-state index in [0.717, 1.165) is 21.0 Å². The summed E-state index contributed by atoms with van der Waals surface area (Å²) in [5.74, 6) is -0.366. The summed E-state index contributed by atoms with van der Waals surface area (Å²) in [6, 6.07) is 10.9. The lowest BCUT2D eigenvalue weighted by atomic mass is 10.1. The van der Waals surface area contributed by atoms with Crippen molar-refractivity contribution in [3.63, 3.8) is 0 Å². The number of thiazole rings is 1. The maximum atomic E-state index is 12.5. The Balaban J connectivity index is 1.71. The minimum Gasteiger partial charge on any atom is -0.348 e. The Labute approximate surface area is 170 Å². The van der Waals surface area contributed by atoms with Gasteiger partial charge in [0.1, 0.15) is 0 Å². The number of benzene rings is 1. The van der Waals surface area contributed by atoms with E-state index in [1.165, 1.54) is 29.6 Å². The fourth-order valence-corrected chi connectivity index (χ4v) is 4.39. The largest absolute Gasteiger partial charge is 0.348 e. The van der Waals surface area contributed by atoms with Crippen LogP contribution in [0.25, 0.3) is 11.3 Å². The maximum Gasteiger partial charge on any atom is 0.228 e. The Morgan fingerprint density at radius 3 is 2.59 bits per heavy atom. The lowest BCUT2D eigenvalue weighted by molar-refractivity contribution is -0.120. The maximum absolute atomic E-state index is 12.5. The fourth-order valence-electron chi connectivity index (χ4n) is 2.64. The van der Waals surface area contributed by atoms with Gasteiger partial charge in [-0.1, -0.05) is 29.8 Å². The van der Waals surface area contributed by atoms with E-state index in [0.29, 0.717) is 10.2 Å². The molecule has 0 fully saturated rings. The average Bonchev–Trinajstić information content (AvgIpc) is 3.24. The molecule has 0 saturated heterocycles. The van der Waals surface area contributed by atoms with Crippen molar-refractivity contribution in [3.05, 3.63) is 56.6 Å². The predicted octanol–water partition coefficient (Wildman–Crippen LogP) is 5.04. The minimum atomic E-state index is -0.348. The van der Waals surface area contributed by atoms with Crippen LogP contribution >= 0.6 is 34.3 Å². The third-order valence-electron chi connectivity index (χ3n) is 3.81. The van der Waals surface area contributed by atoms with E-state index in [9.17, 15) is 9.59 Å². The highest BCUT2D eigenvalue weighted by molar-refractivity contribution is 7.16. The van der Waals surface area contributed by atoms with Crippen LogP contribution in [0, 0.1) is 6.92 Å². The second-order valence-electron chi connectivity index (χ2n) is 5.95. The summed E-state index contributed by atoms with van der Waals surface area (Å²) in [5, 5.41) is 8.80. The van der Waals surface area contributed by atoms with Crippen LogP contribution in [0.5, 0.6) is 0 Å². The third kappa shape index (κ3) is 5.15. The minimum absolute atomic E-state index is 0.148. The van der Waals surface area contributed by atoms with Crippen molar-refractivity contribution in [3.8, 4) is 11.3 Å². The number of amides is 2. The van der Waals surface area contributed by atoms with Crippen LogP contribution in [0.15, 0.2) is 41.8 Å². The summed E-state index contributed by atoms with van der Waals surface area (Å²) in [4.78, 5) is 30.4. The van der Waals surface area contributed by atoms with Crippen LogP contribution in [-0.4, -0.2) is 16.8 Å². The zero-order valence-electron chi connectivity index (χ0n) is 14.8. The molecule has 1 unspecified atom stereocenters. The van der Waals surface area contributed by atoms with Gasteiger partial charge in [0, 0.05) is 27.3 Å². The van der Waals surface area contributed by atoms with Crippen LogP contribution in [-0.2, 0) is 9.59 Å². The van der Waals surface area contributed by atoms with Gasteiger partial charge in [-0.25, -0.2) is 4.98 Å². The number of rotatable bonds is 6. The van der Waals surface area contributed by atoms with Gasteiger partial charge in [0.15, 0.2) is 5.13 Å². The molecule has 1 atom stereocenters. The first-order valence-electron chi connectivity index (χ1n) is 8.26. The van der Waals surface area contributed by atoms with Gasteiger partial charge in [-0.05, 0) is 30.5 Å². The summed E-state index contributed by atoms with van der Waals surface area (Å²) in [6.07, 6.45) is 0.148. The van der Waals surface area contributed by atoms with E-state index in [4.69, 9.17) is 11.6 Å². The molecule has 0 bridgehead atoms. The number of aromatic nitrogens is 1. The molecule has 8 heteroatoms. The van der Waals surface area contributed by atoms with Crippen molar-refractivity contribution >= 4 is 51.2 Å². The first-order valence-corrected chi connectivity index (χ1v) is 10.3. The van der Waals surface area contributed by atoms with E-state index < -0.39 is 0 Å². The number of anilines is 1. The van der Waals surface area contributed by atoms with Gasteiger partial charge in [0.05, 0.1) is 18.2 Å². The van der Waals surface area contributed by atoms with Gasteiger partial charge in [-0.3, -0.25) is 9.59 Å². The number of aryl methyl sites for hydroxylation is 1. The zero-order valence-corrected chi connectivity index (χ0v) is 17.2. The monoisotopic (exact) mass is 419 g/mol. The third-order valence-corrected chi connectivity index (χ3v) is 5.94. The Kier molecular flexibility index (Phi) is 6.26. The van der Waals surface area contributed by atoms with E-state index >= 15 is 0 Å². The second kappa shape index (κ2) is 8.65. The smallest absolute Gasteiger partial charge is 0.228 e. The number of carbonyl (C=O) groups is 2. The van der Waals surface area contributed by atoms with E-state index in [1.807, 2.05) is 48.7 Å². The molecule has 2 heterocycles. The highest BCUT2D eigenvalue weighted by Gasteiger charge is 2.19. The highest BCUT2D eigenvalue weighted by atomic mass is 35.5. The molecule has 3 rings (SSSR count). The summed E-state index contributed by atoms with van der Waals surface area (Å²) in [5.41, 5.74) is 1.77. The summed E-state index contributed by atoms with van der Waals surface area (Å²) < 4.78 is 0. The molecular weight excluding hydrogens is 402 g/mol. The normalized spacial score (nSPS) is 11.8. The second-order valence-corrected chi connectivity index (χ2v) is 8.57. The first kappa shape index (κ1) is 19.5. The number of hydrogen-bond donors (Lipinski definition) is 2. The Bertz CT molecular complexity index is 937. The number of carbonyl (C=O) groups excluding carboxylic acids is 2. The molecule has 140 valence electrons. The first-order chi connectivity index (χ1) is 12.9. The molecule has 0 aliphatic heterocycles. The molecule has 0 radical (unpaired) electrons. The lowest BCUT2D eigenvalue weighted by Crippen LogP contribution is -2.29. The highest BCUT2D eigenvalue weighted by Crippen LogP contribution is 2.31. The molecule has 0 saturated carbocycles. The molecule has 2 amide bonds. The van der Waals surface area contributed by atoms with Crippen LogP contribution < -0.4 is 10.6 Å².